The van der Waals surface area contributed by atoms with Crippen LogP contribution in [-0.4, -0.2) is 110 Å². The molecule has 3 saturated heterocycles. The van der Waals surface area contributed by atoms with Gasteiger partial charge in [0.15, 0.2) is 0 Å². The van der Waals surface area contributed by atoms with Crippen LogP contribution in [-0.2, 0) is 20.6 Å². The molecule has 61 heavy (non-hydrogen) atoms. The summed E-state index contributed by atoms with van der Waals surface area (Å²) < 4.78 is 46.5. The molecule has 17 heteroatoms. The second-order valence-electron chi connectivity index (χ2n) is 16.8. The fourth-order valence-electron chi connectivity index (χ4n) is 8.98. The van der Waals surface area contributed by atoms with Crippen molar-refractivity contribution in [3.05, 3.63) is 77.0 Å². The summed E-state index contributed by atoms with van der Waals surface area (Å²) in [5.74, 6) is -0.571. The number of carbonyl (C=O) groups is 5. The van der Waals surface area contributed by atoms with Crippen molar-refractivity contribution in [2.45, 2.75) is 57.7 Å². The highest BCUT2D eigenvalue weighted by molar-refractivity contribution is 6.23. The van der Waals surface area contributed by atoms with Gasteiger partial charge in [-0.25, -0.2) is 4.98 Å². The van der Waals surface area contributed by atoms with Crippen molar-refractivity contribution >= 4 is 47.1 Å². The second-order valence-corrected chi connectivity index (χ2v) is 16.8. The lowest BCUT2D eigenvalue weighted by Gasteiger charge is -2.49. The van der Waals surface area contributed by atoms with Gasteiger partial charge in [0.2, 0.25) is 11.8 Å². The van der Waals surface area contributed by atoms with Crippen LogP contribution in [0, 0.1) is 28.6 Å². The Morgan fingerprint density at radius 2 is 1.62 bits per heavy atom. The van der Waals surface area contributed by atoms with E-state index < -0.39 is 41.1 Å². The summed E-state index contributed by atoms with van der Waals surface area (Å²) in [4.78, 5) is 75.0. The van der Waals surface area contributed by atoms with E-state index >= 15 is 0 Å². The van der Waals surface area contributed by atoms with Crippen LogP contribution in [0.25, 0.3) is 0 Å². The smallest absolute Gasteiger partial charge is 0.417 e. The van der Waals surface area contributed by atoms with Crippen LogP contribution in [0.2, 0.25) is 0 Å². The number of likely N-dealkylation sites (tertiary alicyclic amines) is 1. The SMILES string of the molecule is CNC(=O)C(CCC=O)N1C(=O)c2ccc(N3CCC(CN4CC(C)(COc5ccc(NC(=O)C6CCN(c7ccc(C#N)c(C(F)(F)F)c7)CC6)nc5)C4)CC3)cc2C1=O. The van der Waals surface area contributed by atoms with E-state index in [1.165, 1.54) is 19.2 Å². The number of hydrogen-bond donors (Lipinski definition) is 2. The average Bonchev–Trinajstić information content (AvgIpc) is 3.50. The fraction of sp³-hybridized carbons (Fsp3) is 0.477. The molecule has 0 spiro atoms. The average molecular weight is 843 g/mol. The summed E-state index contributed by atoms with van der Waals surface area (Å²) in [5, 5.41) is 14.4. The topological polar surface area (TPSA) is 168 Å². The molecule has 4 aliphatic rings. The number of halogens is 3. The highest BCUT2D eigenvalue weighted by atomic mass is 19.4. The van der Waals surface area contributed by atoms with Gasteiger partial charge >= 0.3 is 6.18 Å². The molecule has 322 valence electrons. The van der Waals surface area contributed by atoms with Gasteiger partial charge in [0.05, 0.1) is 41.1 Å². The molecule has 4 aliphatic heterocycles. The third-order valence-corrected chi connectivity index (χ3v) is 12.3. The number of imide groups is 1. The van der Waals surface area contributed by atoms with Gasteiger partial charge in [-0.3, -0.25) is 24.1 Å². The lowest BCUT2D eigenvalue weighted by Crippen LogP contribution is -2.58. The highest BCUT2D eigenvalue weighted by Gasteiger charge is 2.44. The molecule has 14 nitrogen and oxygen atoms in total. The molecule has 0 aliphatic carbocycles. The maximum atomic E-state index is 13.5. The number of hydrogen-bond acceptors (Lipinski definition) is 11. The second kappa shape index (κ2) is 17.9. The summed E-state index contributed by atoms with van der Waals surface area (Å²) in [6.45, 7) is 7.87. The molecule has 0 saturated carbocycles. The highest BCUT2D eigenvalue weighted by Crippen LogP contribution is 2.37. The standard InChI is InChI=1S/C44H49F3N8O6/c1-43(27-61-33-8-10-38(50-23-33)51-39(57)29-13-17-54(18-14-29)32-6-5-30(22-48)36(21-32)44(45,46)47)25-52(26-43)24-28-11-15-53(16-12-28)31-7-9-34-35(20-31)42(60)55(41(34)59)37(4-3-19-56)40(58)49-2/h5-10,19-21,23,28-29,37H,3-4,11-18,24-27H2,1-2H3,(H,49,58)(H,50,51,57). The zero-order valence-electron chi connectivity index (χ0n) is 34.2. The molecule has 3 aromatic rings. The van der Waals surface area contributed by atoms with Gasteiger partial charge in [-0.2, -0.15) is 18.4 Å². The van der Waals surface area contributed by atoms with Crippen LogP contribution < -0.4 is 25.2 Å². The molecule has 2 N–H and O–H groups in total. The van der Waals surface area contributed by atoms with E-state index in [4.69, 9.17) is 10.00 Å². The molecular weight excluding hydrogens is 794 g/mol. The normalized spacial score (nSPS) is 18.9. The predicted molar refractivity (Wildman–Crippen MR) is 219 cm³/mol. The quantitative estimate of drug-likeness (QED) is 0.163. The molecule has 4 amide bonds. The van der Waals surface area contributed by atoms with Gasteiger partial charge in [-0.1, -0.05) is 6.92 Å². The maximum absolute atomic E-state index is 13.5. The number of ether oxygens (including phenoxy) is 1. The van der Waals surface area contributed by atoms with E-state index in [1.54, 1.807) is 41.4 Å². The molecule has 1 atom stereocenters. The minimum Gasteiger partial charge on any atom is -0.491 e. The molecule has 0 radical (unpaired) electrons. The number of pyridine rings is 1. The Labute approximate surface area is 352 Å². The number of nitrogens with zero attached hydrogens (tertiary/aromatic N) is 6. The van der Waals surface area contributed by atoms with E-state index in [-0.39, 0.29) is 41.2 Å². The Morgan fingerprint density at radius 1 is 0.967 bits per heavy atom. The largest absolute Gasteiger partial charge is 0.491 e. The van der Waals surface area contributed by atoms with Crippen LogP contribution in [0.5, 0.6) is 5.75 Å². The Kier molecular flexibility index (Phi) is 12.6. The third-order valence-electron chi connectivity index (χ3n) is 12.3. The zero-order valence-corrected chi connectivity index (χ0v) is 34.2. The van der Waals surface area contributed by atoms with Crippen molar-refractivity contribution in [1.29, 1.82) is 5.26 Å². The zero-order chi connectivity index (χ0) is 43.5. The minimum absolute atomic E-state index is 0.0269. The molecule has 1 unspecified atom stereocenters. The van der Waals surface area contributed by atoms with Crippen molar-refractivity contribution in [3.8, 4) is 11.8 Å². The van der Waals surface area contributed by atoms with Gasteiger partial charge in [-0.15, -0.1) is 0 Å². The molecule has 3 fully saturated rings. The Bertz CT molecular complexity index is 2190. The van der Waals surface area contributed by atoms with E-state index in [2.05, 4.69) is 32.3 Å². The van der Waals surface area contributed by atoms with Crippen LogP contribution in [0.3, 0.4) is 0 Å². The van der Waals surface area contributed by atoms with Crippen molar-refractivity contribution < 1.29 is 41.9 Å². The maximum Gasteiger partial charge on any atom is 0.417 e. The molecule has 2 aromatic carbocycles. The summed E-state index contributed by atoms with van der Waals surface area (Å²) in [5.41, 5.74) is 0.353. The minimum atomic E-state index is -4.64. The number of nitrogens with one attached hydrogen (secondary N) is 2. The van der Waals surface area contributed by atoms with E-state index in [0.29, 0.717) is 62.0 Å². The van der Waals surface area contributed by atoms with E-state index in [9.17, 15) is 37.1 Å². The van der Waals surface area contributed by atoms with Gasteiger partial charge in [0.25, 0.3) is 11.8 Å². The summed E-state index contributed by atoms with van der Waals surface area (Å²) in [7, 11) is 1.43. The number of benzene rings is 2. The first kappa shape index (κ1) is 43.1. The molecular formula is C44H49F3N8O6. The first-order valence-electron chi connectivity index (χ1n) is 20.6. The number of piperidine rings is 2. The first-order valence-corrected chi connectivity index (χ1v) is 20.6. The molecule has 0 bridgehead atoms. The number of carbonyl (C=O) groups excluding carboxylic acids is 5. The van der Waals surface area contributed by atoms with Gasteiger partial charge in [-0.05, 0) is 86.6 Å². The summed E-state index contributed by atoms with van der Waals surface area (Å²) >= 11 is 0. The summed E-state index contributed by atoms with van der Waals surface area (Å²) in [6, 6.07) is 12.9. The third kappa shape index (κ3) is 9.49. The van der Waals surface area contributed by atoms with Gasteiger partial charge in [0, 0.05) is 82.0 Å². The lowest BCUT2D eigenvalue weighted by molar-refractivity contribution is -0.137. The summed E-state index contributed by atoms with van der Waals surface area (Å²) in [6.07, 6.45) is 0.593. The van der Waals surface area contributed by atoms with Crippen molar-refractivity contribution in [2.24, 2.45) is 17.3 Å². The number of amides is 4. The number of aldehydes is 1. The van der Waals surface area contributed by atoms with Crippen LogP contribution in [0.15, 0.2) is 54.7 Å². The molecule has 7 rings (SSSR count). The van der Waals surface area contributed by atoms with Crippen molar-refractivity contribution in [3.63, 3.8) is 0 Å². The predicted octanol–water partition coefficient (Wildman–Crippen LogP) is 5.13. The Hall–Kier alpha value is -6.02. The van der Waals surface area contributed by atoms with Crippen LogP contribution in [0.4, 0.5) is 30.4 Å². The fourth-order valence-corrected chi connectivity index (χ4v) is 8.98. The van der Waals surface area contributed by atoms with Crippen molar-refractivity contribution in [1.82, 2.24) is 20.1 Å². The number of nitriles is 1. The molecule has 1 aromatic heterocycles. The van der Waals surface area contributed by atoms with Crippen LogP contribution in [0.1, 0.15) is 77.3 Å². The number of likely N-dealkylation sites (N-methyl/N-ethyl adjacent to an activating group) is 1. The van der Waals surface area contributed by atoms with Crippen molar-refractivity contribution in [2.75, 3.05) is 74.6 Å². The van der Waals surface area contributed by atoms with Gasteiger partial charge < -0.3 is 34.9 Å². The lowest BCUT2D eigenvalue weighted by atomic mass is 9.81. The first-order chi connectivity index (χ1) is 29.2. The number of alkyl halides is 3. The monoisotopic (exact) mass is 842 g/mol. The number of rotatable bonds is 14. The van der Waals surface area contributed by atoms with E-state index in [1.807, 2.05) is 6.07 Å². The number of aromatic nitrogens is 1. The van der Waals surface area contributed by atoms with Gasteiger partial charge in [0.1, 0.15) is 23.9 Å². The van der Waals surface area contributed by atoms with Crippen LogP contribution >= 0.6 is 0 Å². The number of fused-ring (bicyclic) bond motifs is 1. The Morgan fingerprint density at radius 3 is 2.25 bits per heavy atom. The Balaban J connectivity index is 0.817. The number of anilines is 3. The van der Waals surface area contributed by atoms with E-state index in [0.717, 1.165) is 62.2 Å². The molecule has 5 heterocycles.